The zero-order chi connectivity index (χ0) is 12.7. The lowest BCUT2D eigenvalue weighted by atomic mass is 10.2. The molecule has 1 heterocycles. The van der Waals surface area contributed by atoms with Crippen LogP contribution in [0.3, 0.4) is 0 Å². The molecule has 0 fully saturated rings. The summed E-state index contributed by atoms with van der Waals surface area (Å²) >= 11 is 6.17. The highest BCUT2D eigenvalue weighted by Gasteiger charge is 2.08. The topological polar surface area (TPSA) is 29.9 Å². The van der Waals surface area contributed by atoms with Gasteiger partial charge in [0.15, 0.2) is 0 Å². The number of hydrogen-bond donors (Lipinski definition) is 1. The van der Waals surface area contributed by atoms with Crippen molar-refractivity contribution in [1.82, 2.24) is 15.1 Å². The molecule has 3 nitrogen and oxygen atoms in total. The van der Waals surface area contributed by atoms with Crippen LogP contribution in [-0.4, -0.2) is 22.9 Å². The summed E-state index contributed by atoms with van der Waals surface area (Å²) in [5.74, 6) is 0. The molecule has 0 bridgehead atoms. The van der Waals surface area contributed by atoms with E-state index < -0.39 is 0 Å². The SMILES string of the molecule is CCCNCCC=CCc1c(Cl)c(C)nn1C. The summed E-state index contributed by atoms with van der Waals surface area (Å²) in [5, 5.41) is 8.45. The number of aryl methyl sites for hydroxylation is 2. The third-order valence-electron chi connectivity index (χ3n) is 2.65. The highest BCUT2D eigenvalue weighted by atomic mass is 35.5. The maximum atomic E-state index is 6.17. The fourth-order valence-electron chi connectivity index (χ4n) is 1.70. The zero-order valence-corrected chi connectivity index (χ0v) is 11.7. The molecule has 1 aromatic heterocycles. The molecule has 0 saturated carbocycles. The van der Waals surface area contributed by atoms with Gasteiger partial charge in [-0.25, -0.2) is 0 Å². The first-order valence-electron chi connectivity index (χ1n) is 6.20. The molecule has 0 aromatic carbocycles. The molecule has 96 valence electrons. The molecule has 0 aliphatic carbocycles. The third kappa shape index (κ3) is 4.52. The minimum absolute atomic E-state index is 0.793. The summed E-state index contributed by atoms with van der Waals surface area (Å²) in [6.07, 6.45) is 7.46. The molecule has 0 unspecified atom stereocenters. The van der Waals surface area contributed by atoms with Gasteiger partial charge in [0.25, 0.3) is 0 Å². The van der Waals surface area contributed by atoms with Gasteiger partial charge in [-0.05, 0) is 32.9 Å². The molecule has 1 N–H and O–H groups in total. The van der Waals surface area contributed by atoms with Crippen molar-refractivity contribution >= 4 is 11.6 Å². The molecule has 0 atom stereocenters. The van der Waals surface area contributed by atoms with Crippen LogP contribution in [0.5, 0.6) is 0 Å². The fourth-order valence-corrected chi connectivity index (χ4v) is 1.94. The Morgan fingerprint density at radius 2 is 2.12 bits per heavy atom. The second kappa shape index (κ2) is 7.51. The smallest absolute Gasteiger partial charge is 0.0850 e. The van der Waals surface area contributed by atoms with Crippen LogP contribution in [0.4, 0.5) is 0 Å². The Balaban J connectivity index is 2.32. The van der Waals surface area contributed by atoms with Gasteiger partial charge in [0.2, 0.25) is 0 Å². The summed E-state index contributed by atoms with van der Waals surface area (Å²) in [5.41, 5.74) is 1.99. The summed E-state index contributed by atoms with van der Waals surface area (Å²) in [6, 6.07) is 0. The van der Waals surface area contributed by atoms with E-state index in [2.05, 4.69) is 29.5 Å². The highest BCUT2D eigenvalue weighted by Crippen LogP contribution is 2.19. The fraction of sp³-hybridized carbons (Fsp3) is 0.615. The van der Waals surface area contributed by atoms with E-state index in [9.17, 15) is 0 Å². The van der Waals surface area contributed by atoms with Crippen molar-refractivity contribution in [2.24, 2.45) is 7.05 Å². The normalized spacial score (nSPS) is 11.5. The second-order valence-electron chi connectivity index (χ2n) is 4.18. The minimum atomic E-state index is 0.793. The summed E-state index contributed by atoms with van der Waals surface area (Å²) < 4.78 is 1.86. The van der Waals surface area contributed by atoms with Gasteiger partial charge in [0, 0.05) is 13.5 Å². The van der Waals surface area contributed by atoms with Crippen molar-refractivity contribution in [3.8, 4) is 0 Å². The Morgan fingerprint density at radius 1 is 1.35 bits per heavy atom. The number of halogens is 1. The first kappa shape index (κ1) is 14.3. The lowest BCUT2D eigenvalue weighted by Crippen LogP contribution is -2.15. The van der Waals surface area contributed by atoms with E-state index in [0.717, 1.165) is 42.3 Å². The number of nitrogens with one attached hydrogen (secondary N) is 1. The molecule has 0 amide bonds. The molecule has 17 heavy (non-hydrogen) atoms. The lowest BCUT2D eigenvalue weighted by Gasteiger charge is -1.99. The summed E-state index contributed by atoms with van der Waals surface area (Å²) in [4.78, 5) is 0. The monoisotopic (exact) mass is 255 g/mol. The van der Waals surface area contributed by atoms with Gasteiger partial charge in [-0.1, -0.05) is 30.7 Å². The number of allylic oxidation sites excluding steroid dienone is 1. The van der Waals surface area contributed by atoms with Crippen LogP contribution in [-0.2, 0) is 13.5 Å². The van der Waals surface area contributed by atoms with Crippen molar-refractivity contribution in [2.45, 2.75) is 33.1 Å². The van der Waals surface area contributed by atoms with E-state index in [4.69, 9.17) is 11.6 Å². The van der Waals surface area contributed by atoms with Crippen LogP contribution >= 0.6 is 11.6 Å². The van der Waals surface area contributed by atoms with Crippen LogP contribution in [0.1, 0.15) is 31.2 Å². The predicted octanol–water partition coefficient (Wildman–Crippen LogP) is 2.87. The largest absolute Gasteiger partial charge is 0.316 e. The number of nitrogens with zero attached hydrogens (tertiary/aromatic N) is 2. The van der Waals surface area contributed by atoms with Crippen molar-refractivity contribution in [3.05, 3.63) is 28.6 Å². The molecule has 1 rings (SSSR count). The molecule has 0 radical (unpaired) electrons. The van der Waals surface area contributed by atoms with Crippen LogP contribution in [0, 0.1) is 6.92 Å². The standard InChI is InChI=1S/C13H22ClN3/c1-4-9-15-10-7-5-6-8-12-13(14)11(2)16-17(12)3/h5-6,15H,4,7-10H2,1-3H3. The van der Waals surface area contributed by atoms with Crippen molar-refractivity contribution in [1.29, 1.82) is 0 Å². The van der Waals surface area contributed by atoms with Crippen LogP contribution in [0.15, 0.2) is 12.2 Å². The van der Waals surface area contributed by atoms with Gasteiger partial charge in [0.05, 0.1) is 16.4 Å². The van der Waals surface area contributed by atoms with Crippen LogP contribution in [0.25, 0.3) is 0 Å². The zero-order valence-electron chi connectivity index (χ0n) is 11.0. The number of rotatable bonds is 7. The van der Waals surface area contributed by atoms with Gasteiger partial charge in [-0.15, -0.1) is 0 Å². The van der Waals surface area contributed by atoms with Gasteiger partial charge < -0.3 is 5.32 Å². The first-order chi connectivity index (χ1) is 8.16. The highest BCUT2D eigenvalue weighted by molar-refractivity contribution is 6.31. The summed E-state index contributed by atoms with van der Waals surface area (Å²) in [7, 11) is 1.94. The molecular weight excluding hydrogens is 234 g/mol. The van der Waals surface area contributed by atoms with Crippen molar-refractivity contribution in [3.63, 3.8) is 0 Å². The lowest BCUT2D eigenvalue weighted by molar-refractivity contribution is 0.677. The Kier molecular flexibility index (Phi) is 6.30. The van der Waals surface area contributed by atoms with Crippen molar-refractivity contribution < 1.29 is 0 Å². The Bertz CT molecular complexity index is 369. The average molecular weight is 256 g/mol. The molecule has 1 aromatic rings. The molecule has 4 heteroatoms. The number of hydrogen-bond acceptors (Lipinski definition) is 2. The molecular formula is C13H22ClN3. The van der Waals surface area contributed by atoms with Gasteiger partial charge >= 0.3 is 0 Å². The van der Waals surface area contributed by atoms with E-state index >= 15 is 0 Å². The van der Waals surface area contributed by atoms with Gasteiger partial charge in [-0.2, -0.15) is 5.10 Å². The average Bonchev–Trinajstić information content (AvgIpc) is 2.54. The van der Waals surface area contributed by atoms with E-state index in [1.165, 1.54) is 6.42 Å². The Hall–Kier alpha value is -0.800. The quantitative estimate of drug-likeness (QED) is 0.600. The van der Waals surface area contributed by atoms with Gasteiger partial charge in [0.1, 0.15) is 0 Å². The van der Waals surface area contributed by atoms with Crippen LogP contribution in [0.2, 0.25) is 5.02 Å². The summed E-state index contributed by atoms with van der Waals surface area (Å²) in [6.45, 7) is 6.25. The van der Waals surface area contributed by atoms with E-state index in [1.54, 1.807) is 0 Å². The molecule has 0 spiro atoms. The molecule has 0 aliphatic heterocycles. The van der Waals surface area contributed by atoms with E-state index in [1.807, 2.05) is 18.7 Å². The molecule has 0 saturated heterocycles. The van der Waals surface area contributed by atoms with Crippen LogP contribution < -0.4 is 5.32 Å². The maximum Gasteiger partial charge on any atom is 0.0850 e. The first-order valence-corrected chi connectivity index (χ1v) is 6.58. The minimum Gasteiger partial charge on any atom is -0.316 e. The second-order valence-corrected chi connectivity index (χ2v) is 4.56. The Labute approximate surface area is 109 Å². The number of aromatic nitrogens is 2. The molecule has 0 aliphatic rings. The van der Waals surface area contributed by atoms with Crippen molar-refractivity contribution in [2.75, 3.05) is 13.1 Å². The maximum absolute atomic E-state index is 6.17. The third-order valence-corrected chi connectivity index (χ3v) is 3.15. The Morgan fingerprint density at radius 3 is 2.71 bits per heavy atom. The van der Waals surface area contributed by atoms with E-state index in [0.29, 0.717) is 0 Å². The predicted molar refractivity (Wildman–Crippen MR) is 73.6 cm³/mol. The van der Waals surface area contributed by atoms with Gasteiger partial charge in [-0.3, -0.25) is 4.68 Å². The van der Waals surface area contributed by atoms with E-state index in [-0.39, 0.29) is 0 Å².